The molecular weight excluding hydrogens is 150 g/mol. The molecule has 1 saturated carbocycles. The molecule has 0 aromatic carbocycles. The van der Waals surface area contributed by atoms with E-state index in [-0.39, 0.29) is 6.23 Å². The van der Waals surface area contributed by atoms with E-state index in [4.69, 9.17) is 0 Å². The Morgan fingerprint density at radius 1 is 1.50 bits per heavy atom. The van der Waals surface area contributed by atoms with Gasteiger partial charge in [0.05, 0.1) is 0 Å². The number of hydrogen-bond acceptors (Lipinski definition) is 2. The lowest BCUT2D eigenvalue weighted by Gasteiger charge is -2.33. The van der Waals surface area contributed by atoms with Gasteiger partial charge in [0.2, 0.25) is 0 Å². The maximum absolute atomic E-state index is 9.71. The molecule has 12 heavy (non-hydrogen) atoms. The first kappa shape index (κ1) is 8.11. The summed E-state index contributed by atoms with van der Waals surface area (Å²) in [5.74, 6) is 1.76. The zero-order valence-corrected chi connectivity index (χ0v) is 7.75. The lowest BCUT2D eigenvalue weighted by Crippen LogP contribution is -2.41. The minimum Gasteiger partial charge on any atom is -0.374 e. The van der Waals surface area contributed by atoms with Crippen molar-refractivity contribution in [3.05, 3.63) is 11.8 Å². The molecule has 0 spiro atoms. The Hall–Kier alpha value is -0.500. The Morgan fingerprint density at radius 3 is 2.92 bits per heavy atom. The fraction of sp³-hybridized carbons (Fsp3) is 0.800. The Balaban J connectivity index is 2.23. The molecule has 0 saturated heterocycles. The van der Waals surface area contributed by atoms with Gasteiger partial charge in [-0.3, -0.25) is 0 Å². The molecule has 0 aromatic heterocycles. The Kier molecular flexibility index (Phi) is 1.87. The van der Waals surface area contributed by atoms with Gasteiger partial charge in [-0.15, -0.1) is 0 Å². The third-order valence-electron chi connectivity index (χ3n) is 3.49. The highest BCUT2D eigenvalue weighted by Crippen LogP contribution is 2.43. The van der Waals surface area contributed by atoms with Crippen molar-refractivity contribution >= 4 is 0 Å². The number of fused-ring (bicyclic) bond motifs is 1. The molecule has 1 aliphatic carbocycles. The van der Waals surface area contributed by atoms with E-state index in [0.717, 1.165) is 0 Å². The average Bonchev–Trinajstić information content (AvgIpc) is 2.42. The SMILES string of the molecule is CC1=CN[C@@H](O)[C@H]2[C@@H]1CC[C@@H]2C. The van der Waals surface area contributed by atoms with Crippen LogP contribution in [-0.2, 0) is 0 Å². The van der Waals surface area contributed by atoms with Crippen LogP contribution in [0.2, 0.25) is 0 Å². The highest BCUT2D eigenvalue weighted by Gasteiger charge is 2.40. The molecule has 0 radical (unpaired) electrons. The third kappa shape index (κ3) is 1.06. The molecule has 2 N–H and O–H groups in total. The molecule has 4 atom stereocenters. The highest BCUT2D eigenvalue weighted by atomic mass is 16.3. The van der Waals surface area contributed by atoms with Crippen LogP contribution in [0.3, 0.4) is 0 Å². The van der Waals surface area contributed by atoms with E-state index in [9.17, 15) is 5.11 Å². The number of aliphatic hydroxyl groups is 1. The van der Waals surface area contributed by atoms with Crippen LogP contribution < -0.4 is 5.32 Å². The maximum Gasteiger partial charge on any atom is 0.127 e. The van der Waals surface area contributed by atoms with E-state index in [1.165, 1.54) is 18.4 Å². The zero-order chi connectivity index (χ0) is 8.72. The van der Waals surface area contributed by atoms with Crippen molar-refractivity contribution in [1.82, 2.24) is 5.32 Å². The molecule has 1 fully saturated rings. The second kappa shape index (κ2) is 2.77. The first-order valence-corrected chi connectivity index (χ1v) is 4.81. The van der Waals surface area contributed by atoms with Crippen molar-refractivity contribution in [2.75, 3.05) is 0 Å². The van der Waals surface area contributed by atoms with E-state index in [1.807, 2.05) is 6.20 Å². The summed E-state index contributed by atoms with van der Waals surface area (Å²) < 4.78 is 0. The lowest BCUT2D eigenvalue weighted by molar-refractivity contribution is 0.0466. The summed E-state index contributed by atoms with van der Waals surface area (Å²) in [5.41, 5.74) is 1.41. The van der Waals surface area contributed by atoms with Crippen LogP contribution in [0.25, 0.3) is 0 Å². The standard InChI is InChI=1S/C10H17NO/c1-6-3-4-8-7(2)5-11-10(12)9(6)8/h5-6,8-12H,3-4H2,1-2H3/t6-,8+,9+,10-/m0/s1. The quantitative estimate of drug-likeness (QED) is 0.572. The number of hydrogen-bond donors (Lipinski definition) is 2. The fourth-order valence-electron chi connectivity index (χ4n) is 2.72. The smallest absolute Gasteiger partial charge is 0.127 e. The van der Waals surface area contributed by atoms with Gasteiger partial charge in [0.25, 0.3) is 0 Å². The molecule has 1 heterocycles. The van der Waals surface area contributed by atoms with Crippen molar-refractivity contribution < 1.29 is 5.11 Å². The summed E-state index contributed by atoms with van der Waals surface area (Å²) >= 11 is 0. The van der Waals surface area contributed by atoms with Gasteiger partial charge >= 0.3 is 0 Å². The first-order valence-electron chi connectivity index (χ1n) is 4.81. The second-order valence-electron chi connectivity index (χ2n) is 4.24. The molecule has 2 aliphatic rings. The normalized spacial score (nSPS) is 46.4. The molecule has 2 rings (SSSR count). The summed E-state index contributed by atoms with van der Waals surface area (Å²) in [7, 11) is 0. The molecule has 68 valence electrons. The Morgan fingerprint density at radius 2 is 2.25 bits per heavy atom. The summed E-state index contributed by atoms with van der Waals surface area (Å²) in [6.45, 7) is 4.41. The monoisotopic (exact) mass is 167 g/mol. The molecule has 2 nitrogen and oxygen atoms in total. The summed E-state index contributed by atoms with van der Waals surface area (Å²) in [5, 5.41) is 12.7. The zero-order valence-electron chi connectivity index (χ0n) is 7.75. The van der Waals surface area contributed by atoms with E-state index in [1.54, 1.807) is 0 Å². The van der Waals surface area contributed by atoms with Crippen molar-refractivity contribution in [1.29, 1.82) is 0 Å². The predicted molar refractivity (Wildman–Crippen MR) is 48.3 cm³/mol. The van der Waals surface area contributed by atoms with Crippen LogP contribution in [-0.4, -0.2) is 11.3 Å². The van der Waals surface area contributed by atoms with Crippen LogP contribution in [0, 0.1) is 17.8 Å². The van der Waals surface area contributed by atoms with Crippen LogP contribution >= 0.6 is 0 Å². The van der Waals surface area contributed by atoms with Crippen LogP contribution in [0.15, 0.2) is 11.8 Å². The fourth-order valence-corrected chi connectivity index (χ4v) is 2.72. The minimum atomic E-state index is -0.309. The second-order valence-corrected chi connectivity index (χ2v) is 4.24. The number of rotatable bonds is 0. The van der Waals surface area contributed by atoms with Crippen LogP contribution in [0.4, 0.5) is 0 Å². The van der Waals surface area contributed by atoms with Gasteiger partial charge in [0.1, 0.15) is 6.23 Å². The maximum atomic E-state index is 9.71. The minimum absolute atomic E-state index is 0.309. The summed E-state index contributed by atoms with van der Waals surface area (Å²) in [6.07, 6.45) is 4.19. The molecule has 0 aromatic rings. The van der Waals surface area contributed by atoms with Gasteiger partial charge < -0.3 is 10.4 Å². The average molecular weight is 167 g/mol. The number of nitrogens with one attached hydrogen (secondary N) is 1. The molecule has 0 amide bonds. The van der Waals surface area contributed by atoms with Crippen molar-refractivity contribution in [2.45, 2.75) is 32.9 Å². The Labute approximate surface area is 73.7 Å². The summed E-state index contributed by atoms with van der Waals surface area (Å²) in [6, 6.07) is 0. The van der Waals surface area contributed by atoms with Crippen molar-refractivity contribution in [3.63, 3.8) is 0 Å². The topological polar surface area (TPSA) is 32.3 Å². The lowest BCUT2D eigenvalue weighted by atomic mass is 9.83. The van der Waals surface area contributed by atoms with E-state index in [0.29, 0.717) is 17.8 Å². The predicted octanol–water partition coefficient (Wildman–Crippen LogP) is 1.47. The molecule has 1 aliphatic heterocycles. The van der Waals surface area contributed by atoms with Crippen molar-refractivity contribution in [2.24, 2.45) is 17.8 Å². The van der Waals surface area contributed by atoms with E-state index < -0.39 is 0 Å². The molecule has 0 unspecified atom stereocenters. The van der Waals surface area contributed by atoms with Gasteiger partial charge in [-0.05, 0) is 37.8 Å². The van der Waals surface area contributed by atoms with Gasteiger partial charge in [-0.1, -0.05) is 12.5 Å². The van der Waals surface area contributed by atoms with Crippen LogP contribution in [0.1, 0.15) is 26.7 Å². The number of aliphatic hydroxyl groups excluding tert-OH is 1. The first-order chi connectivity index (χ1) is 5.70. The third-order valence-corrected chi connectivity index (χ3v) is 3.49. The van der Waals surface area contributed by atoms with Gasteiger partial charge in [0, 0.05) is 5.92 Å². The molecule has 0 bridgehead atoms. The largest absolute Gasteiger partial charge is 0.374 e. The van der Waals surface area contributed by atoms with Gasteiger partial charge in [0.15, 0.2) is 0 Å². The van der Waals surface area contributed by atoms with Crippen LogP contribution in [0.5, 0.6) is 0 Å². The van der Waals surface area contributed by atoms with Crippen molar-refractivity contribution in [3.8, 4) is 0 Å². The molecular formula is C10H17NO. The van der Waals surface area contributed by atoms with Gasteiger partial charge in [-0.25, -0.2) is 0 Å². The van der Waals surface area contributed by atoms with E-state index in [2.05, 4.69) is 19.2 Å². The van der Waals surface area contributed by atoms with Gasteiger partial charge in [-0.2, -0.15) is 0 Å². The Bertz CT molecular complexity index is 212. The number of allylic oxidation sites excluding steroid dienone is 1. The molecule has 2 heteroatoms. The summed E-state index contributed by atoms with van der Waals surface area (Å²) in [4.78, 5) is 0. The van der Waals surface area contributed by atoms with E-state index >= 15 is 0 Å². The highest BCUT2D eigenvalue weighted by molar-refractivity contribution is 5.12.